The Bertz CT molecular complexity index is 609. The highest BCUT2D eigenvalue weighted by Gasteiger charge is 2.28. The molecule has 26 heavy (non-hydrogen) atoms. The number of hydrogen-bond acceptors (Lipinski definition) is 4. The van der Waals surface area contributed by atoms with E-state index in [2.05, 4.69) is 5.32 Å². The van der Waals surface area contributed by atoms with Crippen molar-refractivity contribution in [3.8, 4) is 0 Å². The number of carbonyl (C=O) groups excluding carboxylic acids is 3. The van der Waals surface area contributed by atoms with Gasteiger partial charge in [0.05, 0.1) is 18.6 Å². The van der Waals surface area contributed by atoms with Gasteiger partial charge in [-0.25, -0.2) is 0 Å². The number of esters is 1. The molecule has 6 nitrogen and oxygen atoms in total. The molecular formula is C20H28N2O4. The first-order valence-electron chi connectivity index (χ1n) is 9.30. The largest absolute Gasteiger partial charge is 0.466 e. The minimum atomic E-state index is -0.172. The van der Waals surface area contributed by atoms with Crippen molar-refractivity contribution in [3.05, 3.63) is 35.9 Å². The van der Waals surface area contributed by atoms with Gasteiger partial charge in [-0.15, -0.1) is 0 Å². The lowest BCUT2D eigenvalue weighted by Gasteiger charge is -2.31. The van der Waals surface area contributed by atoms with Gasteiger partial charge in [0.2, 0.25) is 11.8 Å². The maximum atomic E-state index is 12.3. The van der Waals surface area contributed by atoms with E-state index in [4.69, 9.17) is 4.74 Å². The molecule has 1 saturated heterocycles. The highest BCUT2D eigenvalue weighted by molar-refractivity contribution is 5.84. The van der Waals surface area contributed by atoms with Crippen molar-refractivity contribution in [1.82, 2.24) is 10.2 Å². The first-order valence-corrected chi connectivity index (χ1v) is 9.30. The average Bonchev–Trinajstić information content (AvgIpc) is 2.67. The number of benzene rings is 1. The van der Waals surface area contributed by atoms with E-state index in [1.165, 1.54) is 0 Å². The minimum Gasteiger partial charge on any atom is -0.466 e. The van der Waals surface area contributed by atoms with Crippen LogP contribution in [0.5, 0.6) is 0 Å². The van der Waals surface area contributed by atoms with Crippen molar-refractivity contribution in [2.75, 3.05) is 19.7 Å². The van der Waals surface area contributed by atoms with Crippen LogP contribution in [0.25, 0.3) is 0 Å². The van der Waals surface area contributed by atoms with Gasteiger partial charge in [-0.1, -0.05) is 30.3 Å². The maximum Gasteiger partial charge on any atom is 0.309 e. The Balaban J connectivity index is 1.70. The minimum absolute atomic E-state index is 0.0326. The molecule has 1 fully saturated rings. The lowest BCUT2D eigenvalue weighted by atomic mass is 9.96. The fourth-order valence-corrected chi connectivity index (χ4v) is 3.14. The van der Waals surface area contributed by atoms with E-state index in [0.717, 1.165) is 5.56 Å². The molecule has 0 radical (unpaired) electrons. The highest BCUT2D eigenvalue weighted by Crippen LogP contribution is 2.19. The summed E-state index contributed by atoms with van der Waals surface area (Å²) >= 11 is 0. The van der Waals surface area contributed by atoms with Crippen LogP contribution in [0, 0.1) is 5.92 Å². The van der Waals surface area contributed by atoms with Gasteiger partial charge in [-0.2, -0.15) is 0 Å². The topological polar surface area (TPSA) is 75.7 Å². The fraction of sp³-hybridized carbons (Fsp3) is 0.550. The van der Waals surface area contributed by atoms with Gasteiger partial charge in [-0.3, -0.25) is 14.4 Å². The number of likely N-dealkylation sites (tertiary alicyclic amines) is 1. The number of hydrogen-bond donors (Lipinski definition) is 1. The number of rotatable bonds is 7. The van der Waals surface area contributed by atoms with E-state index in [9.17, 15) is 14.4 Å². The second-order valence-corrected chi connectivity index (χ2v) is 6.61. The Labute approximate surface area is 154 Å². The smallest absolute Gasteiger partial charge is 0.309 e. The Hall–Kier alpha value is -2.37. The molecule has 0 aromatic heterocycles. The number of nitrogens with zero attached hydrogens (tertiary/aromatic N) is 1. The number of amides is 2. The summed E-state index contributed by atoms with van der Waals surface area (Å²) in [6, 6.07) is 9.64. The monoisotopic (exact) mass is 360 g/mol. The fourth-order valence-electron chi connectivity index (χ4n) is 3.14. The third-order valence-corrected chi connectivity index (χ3v) is 4.71. The number of nitrogens with one attached hydrogen (secondary N) is 1. The van der Waals surface area contributed by atoms with Gasteiger partial charge >= 0.3 is 5.97 Å². The zero-order chi connectivity index (χ0) is 18.9. The quantitative estimate of drug-likeness (QED) is 0.758. The van der Waals surface area contributed by atoms with Crippen molar-refractivity contribution >= 4 is 17.8 Å². The maximum absolute atomic E-state index is 12.3. The number of carbonyl (C=O) groups is 3. The van der Waals surface area contributed by atoms with Crippen molar-refractivity contribution < 1.29 is 19.1 Å². The molecule has 1 atom stereocenters. The van der Waals surface area contributed by atoms with Crippen LogP contribution in [0.4, 0.5) is 0 Å². The van der Waals surface area contributed by atoms with Gasteiger partial charge in [0, 0.05) is 25.9 Å². The summed E-state index contributed by atoms with van der Waals surface area (Å²) in [5.74, 6) is -0.450. The van der Waals surface area contributed by atoms with E-state index in [1.54, 1.807) is 11.8 Å². The van der Waals surface area contributed by atoms with Crippen LogP contribution in [0.1, 0.15) is 51.1 Å². The molecule has 0 unspecified atom stereocenters. The number of ether oxygens (including phenoxy) is 1. The molecule has 142 valence electrons. The van der Waals surface area contributed by atoms with E-state index in [1.807, 2.05) is 37.3 Å². The SMILES string of the molecule is CCOC(=O)C1CCN(C(=O)CCC(=O)N[C@@H](C)c2ccccc2)CC1. The average molecular weight is 360 g/mol. The molecule has 0 bridgehead atoms. The molecule has 1 aromatic carbocycles. The van der Waals surface area contributed by atoms with Crippen LogP contribution in [0.15, 0.2) is 30.3 Å². The zero-order valence-corrected chi connectivity index (χ0v) is 15.6. The molecule has 0 saturated carbocycles. The van der Waals surface area contributed by atoms with E-state index in [0.29, 0.717) is 32.5 Å². The molecule has 2 amide bonds. The predicted octanol–water partition coefficient (Wildman–Crippen LogP) is 2.45. The van der Waals surface area contributed by atoms with Gasteiger partial charge in [0.1, 0.15) is 0 Å². The molecule has 1 aromatic rings. The van der Waals surface area contributed by atoms with Crippen LogP contribution in [-0.2, 0) is 19.1 Å². The van der Waals surface area contributed by atoms with E-state index in [-0.39, 0.29) is 42.6 Å². The van der Waals surface area contributed by atoms with E-state index >= 15 is 0 Å². The van der Waals surface area contributed by atoms with Crippen LogP contribution < -0.4 is 5.32 Å². The Kier molecular flexibility index (Phi) is 7.63. The van der Waals surface area contributed by atoms with Crippen LogP contribution >= 0.6 is 0 Å². The van der Waals surface area contributed by atoms with Crippen molar-refractivity contribution in [2.45, 2.75) is 45.6 Å². The zero-order valence-electron chi connectivity index (χ0n) is 15.6. The molecule has 0 spiro atoms. The van der Waals surface area contributed by atoms with Crippen molar-refractivity contribution in [1.29, 1.82) is 0 Å². The molecule has 2 rings (SSSR count). The van der Waals surface area contributed by atoms with Crippen LogP contribution in [-0.4, -0.2) is 42.4 Å². The molecule has 6 heteroatoms. The standard InChI is InChI=1S/C20H28N2O4/c1-3-26-20(25)17-11-13-22(14-12-17)19(24)10-9-18(23)21-15(2)16-7-5-4-6-8-16/h4-8,15,17H,3,9-14H2,1-2H3,(H,21,23)/t15-/m0/s1. The second-order valence-electron chi connectivity index (χ2n) is 6.61. The predicted molar refractivity (Wildman–Crippen MR) is 98.2 cm³/mol. The highest BCUT2D eigenvalue weighted by atomic mass is 16.5. The molecular weight excluding hydrogens is 332 g/mol. The van der Waals surface area contributed by atoms with Gasteiger partial charge in [0.25, 0.3) is 0 Å². The summed E-state index contributed by atoms with van der Waals surface area (Å²) in [4.78, 5) is 37.8. The Morgan fingerprint density at radius 3 is 2.42 bits per heavy atom. The molecule has 1 heterocycles. The summed E-state index contributed by atoms with van der Waals surface area (Å²) < 4.78 is 5.03. The van der Waals surface area contributed by atoms with E-state index < -0.39 is 0 Å². The van der Waals surface area contributed by atoms with Gasteiger partial charge in [0.15, 0.2) is 0 Å². The Morgan fingerprint density at radius 1 is 1.15 bits per heavy atom. The third-order valence-electron chi connectivity index (χ3n) is 4.71. The molecule has 1 N–H and O–H groups in total. The van der Waals surface area contributed by atoms with Gasteiger partial charge in [-0.05, 0) is 32.3 Å². The summed E-state index contributed by atoms with van der Waals surface area (Å²) in [5, 5.41) is 2.92. The normalized spacial score (nSPS) is 16.0. The third kappa shape index (κ3) is 5.86. The van der Waals surface area contributed by atoms with Crippen molar-refractivity contribution in [2.24, 2.45) is 5.92 Å². The molecule has 1 aliphatic rings. The van der Waals surface area contributed by atoms with Gasteiger partial charge < -0.3 is 15.0 Å². The summed E-state index contributed by atoms with van der Waals surface area (Å²) in [6.07, 6.45) is 1.62. The molecule has 1 aliphatic heterocycles. The summed E-state index contributed by atoms with van der Waals surface area (Å²) in [7, 11) is 0. The first kappa shape index (κ1) is 19.9. The first-order chi connectivity index (χ1) is 12.5. The summed E-state index contributed by atoms with van der Waals surface area (Å²) in [5.41, 5.74) is 1.04. The lowest BCUT2D eigenvalue weighted by molar-refractivity contribution is -0.151. The second kappa shape index (κ2) is 9.94. The van der Waals surface area contributed by atoms with Crippen molar-refractivity contribution in [3.63, 3.8) is 0 Å². The van der Waals surface area contributed by atoms with Crippen LogP contribution in [0.2, 0.25) is 0 Å². The number of piperidine rings is 1. The lowest BCUT2D eigenvalue weighted by Crippen LogP contribution is -2.41. The summed E-state index contributed by atoms with van der Waals surface area (Å²) in [6.45, 7) is 5.19. The Morgan fingerprint density at radius 2 is 1.81 bits per heavy atom. The molecule has 0 aliphatic carbocycles. The van der Waals surface area contributed by atoms with Crippen LogP contribution in [0.3, 0.4) is 0 Å².